The Morgan fingerprint density at radius 2 is 2.23 bits per heavy atom. The van der Waals surface area contributed by atoms with Crippen LogP contribution in [-0.2, 0) is 7.05 Å². The standard InChI is InChI=1S/C7H7BrN4S/c1-12-6-5(11-7(12)13-2)9-3-4(8)10-6/h3H,1-2H3. The number of halogens is 1. The van der Waals surface area contributed by atoms with Crippen LogP contribution in [0.3, 0.4) is 0 Å². The van der Waals surface area contributed by atoms with Crippen LogP contribution in [0.4, 0.5) is 0 Å². The number of thioether (sulfide) groups is 1. The molecule has 0 amide bonds. The van der Waals surface area contributed by atoms with Gasteiger partial charge in [0.1, 0.15) is 4.60 Å². The van der Waals surface area contributed by atoms with Crippen LogP contribution in [0.1, 0.15) is 0 Å². The van der Waals surface area contributed by atoms with E-state index in [1.807, 2.05) is 17.9 Å². The first kappa shape index (κ1) is 8.96. The zero-order chi connectivity index (χ0) is 9.42. The summed E-state index contributed by atoms with van der Waals surface area (Å²) in [5.41, 5.74) is 1.49. The highest BCUT2D eigenvalue weighted by atomic mass is 79.9. The Bertz CT molecular complexity index is 453. The third-order valence-electron chi connectivity index (χ3n) is 1.69. The minimum Gasteiger partial charge on any atom is -0.305 e. The smallest absolute Gasteiger partial charge is 0.198 e. The van der Waals surface area contributed by atoms with Gasteiger partial charge in [-0.05, 0) is 22.2 Å². The predicted octanol–water partition coefficient (Wildman–Crippen LogP) is 1.85. The van der Waals surface area contributed by atoms with Gasteiger partial charge in [0.25, 0.3) is 0 Å². The topological polar surface area (TPSA) is 43.6 Å². The number of imidazole rings is 1. The average molecular weight is 259 g/mol. The molecule has 0 aliphatic rings. The molecule has 6 heteroatoms. The SMILES string of the molecule is CSc1nc2ncc(Br)nc2n1C. The zero-order valence-corrected chi connectivity index (χ0v) is 9.55. The molecule has 0 aliphatic carbocycles. The van der Waals surface area contributed by atoms with E-state index in [-0.39, 0.29) is 0 Å². The number of aromatic nitrogens is 4. The fourth-order valence-electron chi connectivity index (χ4n) is 1.09. The normalized spacial score (nSPS) is 11.0. The number of hydrogen-bond donors (Lipinski definition) is 0. The summed E-state index contributed by atoms with van der Waals surface area (Å²) in [5, 5.41) is 0.924. The van der Waals surface area contributed by atoms with E-state index in [0.29, 0.717) is 5.65 Å². The van der Waals surface area contributed by atoms with Crippen molar-refractivity contribution in [3.8, 4) is 0 Å². The van der Waals surface area contributed by atoms with Crippen molar-refractivity contribution < 1.29 is 0 Å². The molecule has 0 bridgehead atoms. The van der Waals surface area contributed by atoms with Crippen LogP contribution in [0.15, 0.2) is 16.0 Å². The van der Waals surface area contributed by atoms with Gasteiger partial charge in [-0.15, -0.1) is 0 Å². The maximum Gasteiger partial charge on any atom is 0.198 e. The number of nitrogens with zero attached hydrogens (tertiary/aromatic N) is 4. The number of hydrogen-bond acceptors (Lipinski definition) is 4. The minimum absolute atomic E-state index is 0.690. The molecule has 2 heterocycles. The molecule has 0 aromatic carbocycles. The van der Waals surface area contributed by atoms with Crippen molar-refractivity contribution in [2.24, 2.45) is 7.05 Å². The van der Waals surface area contributed by atoms with Crippen molar-refractivity contribution in [2.75, 3.05) is 6.26 Å². The fraction of sp³-hybridized carbons (Fsp3) is 0.286. The van der Waals surface area contributed by atoms with Gasteiger partial charge in [0, 0.05) is 7.05 Å². The first-order chi connectivity index (χ1) is 6.22. The zero-order valence-electron chi connectivity index (χ0n) is 7.15. The monoisotopic (exact) mass is 258 g/mol. The van der Waals surface area contributed by atoms with E-state index in [9.17, 15) is 0 Å². The lowest BCUT2D eigenvalue weighted by Crippen LogP contribution is -1.92. The number of rotatable bonds is 1. The van der Waals surface area contributed by atoms with E-state index in [0.717, 1.165) is 15.4 Å². The van der Waals surface area contributed by atoms with Crippen molar-refractivity contribution in [1.82, 2.24) is 19.5 Å². The summed E-state index contributed by atoms with van der Waals surface area (Å²) in [6.45, 7) is 0. The van der Waals surface area contributed by atoms with E-state index in [4.69, 9.17) is 0 Å². The Labute approximate surface area is 87.9 Å². The highest BCUT2D eigenvalue weighted by Crippen LogP contribution is 2.19. The molecule has 0 saturated carbocycles. The molecule has 0 unspecified atom stereocenters. The lowest BCUT2D eigenvalue weighted by Gasteiger charge is -1.95. The molecule has 0 radical (unpaired) electrons. The second kappa shape index (κ2) is 3.26. The summed E-state index contributed by atoms with van der Waals surface area (Å²) in [7, 11) is 1.93. The van der Waals surface area contributed by atoms with Crippen LogP contribution in [0.25, 0.3) is 11.3 Å². The summed E-state index contributed by atoms with van der Waals surface area (Å²) < 4.78 is 2.66. The van der Waals surface area contributed by atoms with Gasteiger partial charge in [-0.2, -0.15) is 0 Å². The third kappa shape index (κ3) is 1.44. The lowest BCUT2D eigenvalue weighted by atomic mass is 10.7. The van der Waals surface area contributed by atoms with Gasteiger partial charge in [0.15, 0.2) is 16.5 Å². The second-order valence-corrected chi connectivity index (χ2v) is 4.08. The van der Waals surface area contributed by atoms with Crippen molar-refractivity contribution in [1.29, 1.82) is 0 Å². The molecule has 13 heavy (non-hydrogen) atoms. The highest BCUT2D eigenvalue weighted by molar-refractivity contribution is 9.10. The van der Waals surface area contributed by atoms with Crippen LogP contribution < -0.4 is 0 Å². The molecular weight excluding hydrogens is 252 g/mol. The molecule has 0 atom stereocenters. The summed E-state index contributed by atoms with van der Waals surface area (Å²) in [4.78, 5) is 12.7. The quantitative estimate of drug-likeness (QED) is 0.733. The second-order valence-electron chi connectivity index (χ2n) is 2.50. The highest BCUT2D eigenvalue weighted by Gasteiger charge is 2.08. The van der Waals surface area contributed by atoms with Gasteiger partial charge in [-0.3, -0.25) is 0 Å². The first-order valence-electron chi connectivity index (χ1n) is 3.61. The Hall–Kier alpha value is -0.620. The molecule has 0 aliphatic heterocycles. The molecule has 0 fully saturated rings. The van der Waals surface area contributed by atoms with Crippen LogP contribution in [-0.4, -0.2) is 25.8 Å². The summed E-state index contributed by atoms with van der Waals surface area (Å²) in [6, 6.07) is 0. The van der Waals surface area contributed by atoms with Crippen LogP contribution in [0.2, 0.25) is 0 Å². The number of fused-ring (bicyclic) bond motifs is 1. The van der Waals surface area contributed by atoms with Gasteiger partial charge >= 0.3 is 0 Å². The molecular formula is C7H7BrN4S. The molecule has 2 rings (SSSR count). The van der Waals surface area contributed by atoms with Crippen LogP contribution >= 0.6 is 27.7 Å². The Morgan fingerprint density at radius 1 is 1.46 bits per heavy atom. The summed E-state index contributed by atoms with van der Waals surface area (Å²) >= 11 is 4.86. The van der Waals surface area contributed by atoms with Crippen LogP contribution in [0, 0.1) is 0 Å². The Kier molecular flexibility index (Phi) is 2.25. The van der Waals surface area contributed by atoms with Gasteiger partial charge in [-0.25, -0.2) is 15.0 Å². The molecule has 68 valence electrons. The van der Waals surface area contributed by atoms with E-state index in [1.165, 1.54) is 0 Å². The molecule has 0 spiro atoms. The third-order valence-corrected chi connectivity index (χ3v) is 2.81. The van der Waals surface area contributed by atoms with Crippen molar-refractivity contribution in [3.05, 3.63) is 10.8 Å². The van der Waals surface area contributed by atoms with Gasteiger partial charge in [0.2, 0.25) is 0 Å². The van der Waals surface area contributed by atoms with Crippen molar-refractivity contribution in [2.45, 2.75) is 5.16 Å². The average Bonchev–Trinajstić information content (AvgIpc) is 2.44. The first-order valence-corrected chi connectivity index (χ1v) is 5.63. The van der Waals surface area contributed by atoms with Gasteiger partial charge in [-0.1, -0.05) is 11.8 Å². The molecule has 2 aromatic heterocycles. The van der Waals surface area contributed by atoms with E-state index >= 15 is 0 Å². The maximum atomic E-state index is 4.30. The van der Waals surface area contributed by atoms with E-state index in [2.05, 4.69) is 30.9 Å². The van der Waals surface area contributed by atoms with E-state index < -0.39 is 0 Å². The summed E-state index contributed by atoms with van der Waals surface area (Å²) in [6.07, 6.45) is 3.63. The molecule has 4 nitrogen and oxygen atoms in total. The molecule has 0 saturated heterocycles. The number of aryl methyl sites for hydroxylation is 1. The van der Waals surface area contributed by atoms with Crippen LogP contribution in [0.5, 0.6) is 0 Å². The molecule has 2 aromatic rings. The predicted molar refractivity (Wildman–Crippen MR) is 55.8 cm³/mol. The minimum atomic E-state index is 0.690. The van der Waals surface area contributed by atoms with E-state index in [1.54, 1.807) is 18.0 Å². The summed E-state index contributed by atoms with van der Waals surface area (Å²) in [5.74, 6) is 0. The Morgan fingerprint density at radius 3 is 2.92 bits per heavy atom. The molecule has 0 N–H and O–H groups in total. The largest absolute Gasteiger partial charge is 0.305 e. The van der Waals surface area contributed by atoms with Crippen molar-refractivity contribution in [3.63, 3.8) is 0 Å². The van der Waals surface area contributed by atoms with Crippen molar-refractivity contribution >= 4 is 39.0 Å². The Balaban J connectivity index is 2.77. The fourth-order valence-corrected chi connectivity index (χ4v) is 1.90. The maximum absolute atomic E-state index is 4.30. The van der Waals surface area contributed by atoms with Gasteiger partial charge in [0.05, 0.1) is 6.20 Å². The lowest BCUT2D eigenvalue weighted by molar-refractivity contribution is 0.807. The van der Waals surface area contributed by atoms with Gasteiger partial charge < -0.3 is 4.57 Å².